The van der Waals surface area contributed by atoms with Gasteiger partial charge in [-0.2, -0.15) is 0 Å². The summed E-state index contributed by atoms with van der Waals surface area (Å²) in [5.74, 6) is 2.32. The van der Waals surface area contributed by atoms with Crippen molar-refractivity contribution in [1.82, 2.24) is 9.55 Å². The van der Waals surface area contributed by atoms with Gasteiger partial charge in [0.05, 0.1) is 18.6 Å². The Morgan fingerprint density at radius 3 is 2.67 bits per heavy atom. The molecule has 0 aliphatic heterocycles. The van der Waals surface area contributed by atoms with Crippen LogP contribution in [0, 0.1) is 6.07 Å². The second-order valence-electron chi connectivity index (χ2n) is 6.78. The number of rotatable bonds is 4. The number of methoxy groups -OCH3 is 1. The number of aromatic nitrogens is 2. The van der Waals surface area contributed by atoms with Gasteiger partial charge < -0.3 is 9.30 Å². The summed E-state index contributed by atoms with van der Waals surface area (Å²) in [5, 5.41) is 0. The van der Waals surface area contributed by atoms with E-state index < -0.39 is 0 Å². The number of imidazole rings is 1. The summed E-state index contributed by atoms with van der Waals surface area (Å²) in [7, 11) is 1.67. The molecule has 1 heterocycles. The molecule has 1 fully saturated rings. The first-order valence-electron chi connectivity index (χ1n) is 9.16. The van der Waals surface area contributed by atoms with Crippen LogP contribution in [0.15, 0.2) is 53.3 Å². The zero-order valence-corrected chi connectivity index (χ0v) is 19.2. The van der Waals surface area contributed by atoms with Crippen LogP contribution < -0.4 is 4.74 Å². The Morgan fingerprint density at radius 2 is 1.96 bits per heavy atom. The standard InChI is InChI=1S/C22H22BrN2O.Ir/c1-26-18-12-10-17(11-13-18)22-24-14-15-25(22)21-19(8-5-9-20(21)23)16-6-3-2-4-7-16;/h5,8-10,12-16H,2-4,6-7H2,1H3;/q-1;. The van der Waals surface area contributed by atoms with Gasteiger partial charge in [0.1, 0.15) is 0 Å². The molecule has 0 spiro atoms. The first-order chi connectivity index (χ1) is 12.8. The molecule has 0 N–H and O–H groups in total. The molecule has 0 bridgehead atoms. The molecule has 0 amide bonds. The van der Waals surface area contributed by atoms with Crippen LogP contribution in [0.4, 0.5) is 0 Å². The van der Waals surface area contributed by atoms with Crippen molar-refractivity contribution in [2.24, 2.45) is 0 Å². The molecular weight excluding hydrogens is 580 g/mol. The van der Waals surface area contributed by atoms with Crippen molar-refractivity contribution < 1.29 is 24.8 Å². The molecule has 0 saturated heterocycles. The third kappa shape index (κ3) is 4.21. The van der Waals surface area contributed by atoms with Crippen molar-refractivity contribution in [3.8, 4) is 22.8 Å². The van der Waals surface area contributed by atoms with Gasteiger partial charge in [0.2, 0.25) is 0 Å². The summed E-state index contributed by atoms with van der Waals surface area (Å²) in [6, 6.07) is 15.6. The summed E-state index contributed by atoms with van der Waals surface area (Å²) in [5.41, 5.74) is 3.57. The molecule has 1 aliphatic rings. The van der Waals surface area contributed by atoms with E-state index in [9.17, 15) is 0 Å². The van der Waals surface area contributed by atoms with Gasteiger partial charge in [-0.15, -0.1) is 29.8 Å². The van der Waals surface area contributed by atoms with Gasteiger partial charge in [-0.05, 0) is 46.3 Å². The Bertz CT molecular complexity index is 886. The summed E-state index contributed by atoms with van der Waals surface area (Å²) in [4.78, 5) is 4.62. The van der Waals surface area contributed by atoms with Gasteiger partial charge in [0.15, 0.2) is 0 Å². The number of benzene rings is 2. The first kappa shape index (κ1) is 20.3. The van der Waals surface area contributed by atoms with Crippen LogP contribution >= 0.6 is 15.9 Å². The molecule has 3 nitrogen and oxygen atoms in total. The predicted molar refractivity (Wildman–Crippen MR) is 108 cm³/mol. The maximum absolute atomic E-state index is 5.25. The van der Waals surface area contributed by atoms with E-state index in [0.29, 0.717) is 5.92 Å². The van der Waals surface area contributed by atoms with Crippen molar-refractivity contribution in [3.05, 3.63) is 64.9 Å². The molecule has 143 valence electrons. The fraction of sp³-hybridized carbons (Fsp3) is 0.318. The third-order valence-corrected chi connectivity index (χ3v) is 5.85. The number of hydrogen-bond acceptors (Lipinski definition) is 2. The van der Waals surface area contributed by atoms with Crippen LogP contribution in [0.25, 0.3) is 17.1 Å². The summed E-state index contributed by atoms with van der Waals surface area (Å²) in [6.07, 6.45) is 10.4. The van der Waals surface area contributed by atoms with Gasteiger partial charge in [0, 0.05) is 42.7 Å². The van der Waals surface area contributed by atoms with Crippen molar-refractivity contribution >= 4 is 15.9 Å². The van der Waals surface area contributed by atoms with E-state index in [2.05, 4.69) is 49.7 Å². The van der Waals surface area contributed by atoms with Crippen LogP contribution in [-0.4, -0.2) is 16.7 Å². The van der Waals surface area contributed by atoms with E-state index >= 15 is 0 Å². The second-order valence-corrected chi connectivity index (χ2v) is 7.63. The van der Waals surface area contributed by atoms with E-state index in [-0.39, 0.29) is 20.1 Å². The monoisotopic (exact) mass is 602 g/mol. The molecule has 27 heavy (non-hydrogen) atoms. The van der Waals surface area contributed by atoms with E-state index in [1.165, 1.54) is 43.4 Å². The molecule has 1 aliphatic carbocycles. The van der Waals surface area contributed by atoms with Crippen LogP contribution in [0.5, 0.6) is 5.75 Å². The van der Waals surface area contributed by atoms with Gasteiger partial charge in [0.25, 0.3) is 0 Å². The fourth-order valence-electron chi connectivity index (χ4n) is 3.89. The molecule has 4 rings (SSSR count). The van der Waals surface area contributed by atoms with Gasteiger partial charge >= 0.3 is 0 Å². The number of para-hydroxylation sites is 1. The Morgan fingerprint density at radius 1 is 1.15 bits per heavy atom. The Kier molecular flexibility index (Phi) is 6.91. The summed E-state index contributed by atoms with van der Waals surface area (Å²) < 4.78 is 8.54. The van der Waals surface area contributed by atoms with Gasteiger partial charge in [-0.25, -0.2) is 0 Å². The minimum Gasteiger partial charge on any atom is -0.540 e. The Labute approximate surface area is 182 Å². The zero-order chi connectivity index (χ0) is 17.9. The Hall–Kier alpha value is -1.42. The van der Waals surface area contributed by atoms with E-state index in [0.717, 1.165) is 21.6 Å². The topological polar surface area (TPSA) is 27.1 Å². The maximum atomic E-state index is 5.25. The molecule has 1 radical (unpaired) electrons. The maximum Gasteiger partial charge on any atom is 0.0647 e. The zero-order valence-electron chi connectivity index (χ0n) is 15.2. The number of ether oxygens (including phenoxy) is 1. The third-order valence-electron chi connectivity index (χ3n) is 5.21. The quantitative estimate of drug-likeness (QED) is 0.335. The van der Waals surface area contributed by atoms with Crippen LogP contribution in [-0.2, 0) is 20.1 Å². The summed E-state index contributed by atoms with van der Waals surface area (Å²) >= 11 is 3.79. The van der Waals surface area contributed by atoms with Crippen LogP contribution in [0.3, 0.4) is 0 Å². The molecule has 0 unspecified atom stereocenters. The van der Waals surface area contributed by atoms with Crippen molar-refractivity contribution in [2.45, 2.75) is 38.0 Å². The van der Waals surface area contributed by atoms with E-state index in [1.807, 2.05) is 30.6 Å². The largest absolute Gasteiger partial charge is 0.540 e. The molecule has 5 heteroatoms. The summed E-state index contributed by atoms with van der Waals surface area (Å²) in [6.45, 7) is 0. The van der Waals surface area contributed by atoms with Crippen molar-refractivity contribution in [1.29, 1.82) is 0 Å². The molecule has 0 atom stereocenters. The predicted octanol–water partition coefficient (Wildman–Crippen LogP) is 6.16. The molecule has 2 aromatic carbocycles. The normalized spacial score (nSPS) is 14.6. The minimum atomic E-state index is 0. The Balaban J connectivity index is 0.00000210. The van der Waals surface area contributed by atoms with Crippen molar-refractivity contribution in [3.63, 3.8) is 0 Å². The molecule has 3 aromatic rings. The van der Waals surface area contributed by atoms with E-state index in [4.69, 9.17) is 4.74 Å². The second kappa shape index (κ2) is 9.18. The minimum absolute atomic E-state index is 0. The molecular formula is C22H22BrIrN2O-. The average Bonchev–Trinajstić information content (AvgIpc) is 3.18. The number of hydrogen-bond donors (Lipinski definition) is 0. The van der Waals surface area contributed by atoms with Crippen LogP contribution in [0.1, 0.15) is 43.6 Å². The van der Waals surface area contributed by atoms with Crippen LogP contribution in [0.2, 0.25) is 0 Å². The van der Waals surface area contributed by atoms with Gasteiger partial charge in [-0.1, -0.05) is 31.4 Å². The SMILES string of the molecule is COc1c[c-]c(-c2nccn2-c2c(Br)cccc2C2CCCCC2)cc1.[Ir]. The number of nitrogens with zero attached hydrogens (tertiary/aromatic N) is 2. The average molecular weight is 603 g/mol. The smallest absolute Gasteiger partial charge is 0.0647 e. The van der Waals surface area contributed by atoms with Gasteiger partial charge in [-0.3, -0.25) is 4.98 Å². The van der Waals surface area contributed by atoms with E-state index in [1.54, 1.807) is 7.11 Å². The van der Waals surface area contributed by atoms with Crippen molar-refractivity contribution in [2.75, 3.05) is 7.11 Å². The first-order valence-corrected chi connectivity index (χ1v) is 9.95. The fourth-order valence-corrected chi connectivity index (χ4v) is 4.46. The molecule has 1 saturated carbocycles. The molecule has 1 aromatic heterocycles. The number of halogens is 1.